The van der Waals surface area contributed by atoms with Gasteiger partial charge in [0.05, 0.1) is 25.2 Å². The van der Waals surface area contributed by atoms with E-state index in [4.69, 9.17) is 21.7 Å². The Morgan fingerprint density at radius 2 is 1.68 bits per heavy atom. The largest absolute Gasteiger partial charge is 0.469 e. The Kier molecular flexibility index (Phi) is 6.03. The summed E-state index contributed by atoms with van der Waals surface area (Å²) in [6, 6.07) is 8.20. The van der Waals surface area contributed by atoms with E-state index in [9.17, 15) is 9.59 Å². The van der Waals surface area contributed by atoms with E-state index in [1.165, 1.54) is 42.9 Å². The maximum absolute atomic E-state index is 12.7. The number of thiazole rings is 1. The lowest BCUT2D eigenvalue weighted by molar-refractivity contribution is -0.151. The summed E-state index contributed by atoms with van der Waals surface area (Å²) in [6.07, 6.45) is 0. The number of carbonyl (C=O) groups is 2. The molecule has 0 saturated heterocycles. The van der Waals surface area contributed by atoms with Gasteiger partial charge in [0.15, 0.2) is 3.95 Å². The molecule has 1 aliphatic heterocycles. The van der Waals surface area contributed by atoms with Crippen molar-refractivity contribution in [2.75, 3.05) is 14.2 Å². The van der Waals surface area contributed by atoms with Crippen LogP contribution in [0.2, 0.25) is 0 Å². The fourth-order valence-electron chi connectivity index (χ4n) is 3.41. The number of hydrogen-bond acceptors (Lipinski definition) is 7. The summed E-state index contributed by atoms with van der Waals surface area (Å²) >= 11 is 8.05. The molecule has 3 atom stereocenters. The summed E-state index contributed by atoms with van der Waals surface area (Å²) in [5, 5.41) is 0.105. The second-order valence-electron chi connectivity index (χ2n) is 7.67. The van der Waals surface area contributed by atoms with Crippen LogP contribution >= 0.6 is 35.3 Å². The van der Waals surface area contributed by atoms with Crippen LogP contribution in [0.3, 0.4) is 0 Å². The Labute approximate surface area is 177 Å². The zero-order chi connectivity index (χ0) is 20.6. The molecule has 0 radical (unpaired) electrons. The molecule has 8 heteroatoms. The first-order chi connectivity index (χ1) is 13.2. The summed E-state index contributed by atoms with van der Waals surface area (Å²) in [5.41, 5.74) is 2.17. The van der Waals surface area contributed by atoms with Crippen LogP contribution in [0.1, 0.15) is 42.7 Å². The summed E-state index contributed by atoms with van der Waals surface area (Å²) in [5.74, 6) is -1.91. The van der Waals surface area contributed by atoms with Crippen LogP contribution in [-0.4, -0.2) is 36.4 Å². The maximum Gasteiger partial charge on any atom is 0.320 e. The number of thioether (sulfide) groups is 1. The monoisotopic (exact) mass is 437 g/mol. The third kappa shape index (κ3) is 3.90. The number of benzene rings is 1. The van der Waals surface area contributed by atoms with Crippen LogP contribution in [0.4, 0.5) is 0 Å². The van der Waals surface area contributed by atoms with Gasteiger partial charge in [-0.25, -0.2) is 0 Å². The number of nitrogens with one attached hydrogen (secondary N) is 1. The molecule has 3 rings (SSSR count). The van der Waals surface area contributed by atoms with E-state index >= 15 is 0 Å². The maximum atomic E-state index is 12.7. The van der Waals surface area contributed by atoms with Crippen molar-refractivity contribution in [3.05, 3.63) is 44.2 Å². The summed E-state index contributed by atoms with van der Waals surface area (Å²) in [7, 11) is 2.67. The normalized spacial score (nSPS) is 21.7. The standard InChI is InChI=1S/C20H23NO4S3/c1-20(2,3)11-8-6-10(7-9-11)12-13(17(22)24-4)15(18(23)25-5)27-16-14(12)28-19(26)21-16/h6-9,12-13,15H,1-5H3,(H,21,26). The number of fused-ring (bicyclic) bond motifs is 1. The molecule has 1 aliphatic rings. The van der Waals surface area contributed by atoms with Gasteiger partial charge in [0.25, 0.3) is 0 Å². The molecule has 0 fully saturated rings. The molecular formula is C20H23NO4S3. The fourth-order valence-corrected chi connectivity index (χ4v) is 6.35. The average Bonchev–Trinajstić information content (AvgIpc) is 3.04. The first-order valence-corrected chi connectivity index (χ1v) is 10.9. The second-order valence-corrected chi connectivity index (χ2v) is 10.5. The van der Waals surface area contributed by atoms with E-state index in [1.54, 1.807) is 0 Å². The van der Waals surface area contributed by atoms with E-state index < -0.39 is 23.1 Å². The van der Waals surface area contributed by atoms with Crippen molar-refractivity contribution in [2.24, 2.45) is 5.92 Å². The molecule has 150 valence electrons. The minimum atomic E-state index is -0.711. The minimum Gasteiger partial charge on any atom is -0.469 e. The van der Waals surface area contributed by atoms with Crippen LogP contribution in [0.15, 0.2) is 29.3 Å². The van der Waals surface area contributed by atoms with E-state index in [2.05, 4.69) is 37.9 Å². The van der Waals surface area contributed by atoms with Crippen LogP contribution in [-0.2, 0) is 24.5 Å². The molecule has 1 aromatic heterocycles. The summed E-state index contributed by atoms with van der Waals surface area (Å²) < 4.78 is 10.7. The number of H-pyrrole nitrogens is 1. The first kappa shape index (κ1) is 21.1. The minimum absolute atomic E-state index is 0.0207. The lowest BCUT2D eigenvalue weighted by atomic mass is 9.80. The number of methoxy groups -OCH3 is 2. The van der Waals surface area contributed by atoms with Crippen molar-refractivity contribution in [1.82, 2.24) is 4.98 Å². The Bertz CT molecular complexity index is 940. The first-order valence-electron chi connectivity index (χ1n) is 8.83. The van der Waals surface area contributed by atoms with E-state index in [-0.39, 0.29) is 11.3 Å². The molecule has 3 unspecified atom stereocenters. The number of carbonyl (C=O) groups excluding carboxylic acids is 2. The van der Waals surface area contributed by atoms with Gasteiger partial charge in [0.1, 0.15) is 5.25 Å². The Balaban J connectivity index is 2.16. The van der Waals surface area contributed by atoms with Gasteiger partial charge in [0, 0.05) is 10.8 Å². The highest BCUT2D eigenvalue weighted by Crippen LogP contribution is 2.51. The van der Waals surface area contributed by atoms with Gasteiger partial charge in [-0.1, -0.05) is 56.8 Å². The van der Waals surface area contributed by atoms with Gasteiger partial charge in [-0.2, -0.15) is 0 Å². The highest BCUT2D eigenvalue weighted by molar-refractivity contribution is 8.00. The van der Waals surface area contributed by atoms with Gasteiger partial charge in [-0.15, -0.1) is 11.3 Å². The van der Waals surface area contributed by atoms with Gasteiger partial charge in [-0.3, -0.25) is 9.59 Å². The highest BCUT2D eigenvalue weighted by Gasteiger charge is 2.48. The third-order valence-corrected chi connectivity index (χ3v) is 7.64. The van der Waals surface area contributed by atoms with Gasteiger partial charge in [-0.05, 0) is 28.8 Å². The predicted octanol–water partition coefficient (Wildman–Crippen LogP) is 4.67. The van der Waals surface area contributed by atoms with Crippen molar-refractivity contribution in [2.45, 2.75) is 42.4 Å². The molecule has 0 amide bonds. The molecule has 1 N–H and O–H groups in total. The summed E-state index contributed by atoms with van der Waals surface area (Å²) in [4.78, 5) is 29.3. The predicted molar refractivity (Wildman–Crippen MR) is 114 cm³/mol. The molecule has 0 bridgehead atoms. The Hall–Kier alpha value is -1.64. The SMILES string of the molecule is COC(=O)C1Sc2[nH]c(=S)sc2C(c2ccc(C(C)(C)C)cc2)C1C(=O)OC. The van der Waals surface area contributed by atoms with E-state index in [0.29, 0.717) is 3.95 Å². The number of hydrogen-bond donors (Lipinski definition) is 1. The topological polar surface area (TPSA) is 68.4 Å². The molecule has 2 aromatic rings. The average molecular weight is 438 g/mol. The fraction of sp³-hybridized carbons (Fsp3) is 0.450. The van der Waals surface area contributed by atoms with E-state index in [0.717, 1.165) is 15.5 Å². The summed E-state index contributed by atoms with van der Waals surface area (Å²) in [6.45, 7) is 6.46. The molecule has 0 aliphatic carbocycles. The van der Waals surface area contributed by atoms with Gasteiger partial charge < -0.3 is 14.5 Å². The van der Waals surface area contributed by atoms with E-state index in [1.807, 2.05) is 12.1 Å². The van der Waals surface area contributed by atoms with Crippen molar-refractivity contribution in [3.63, 3.8) is 0 Å². The second kappa shape index (κ2) is 8.00. The molecule has 2 heterocycles. The molecule has 5 nitrogen and oxygen atoms in total. The lowest BCUT2D eigenvalue weighted by Crippen LogP contribution is -2.40. The number of aromatic amines is 1. The molecule has 0 spiro atoms. The Morgan fingerprint density at radius 3 is 2.21 bits per heavy atom. The number of rotatable bonds is 3. The smallest absolute Gasteiger partial charge is 0.320 e. The number of aromatic nitrogens is 1. The quantitative estimate of drug-likeness (QED) is 0.556. The lowest BCUT2D eigenvalue weighted by Gasteiger charge is -2.34. The zero-order valence-corrected chi connectivity index (χ0v) is 18.8. The molecular weight excluding hydrogens is 414 g/mol. The van der Waals surface area contributed by atoms with Crippen molar-refractivity contribution >= 4 is 47.3 Å². The van der Waals surface area contributed by atoms with Gasteiger partial charge in [0.2, 0.25) is 0 Å². The molecule has 1 aromatic carbocycles. The molecule has 28 heavy (non-hydrogen) atoms. The number of esters is 2. The van der Waals surface area contributed by atoms with Crippen molar-refractivity contribution in [1.29, 1.82) is 0 Å². The van der Waals surface area contributed by atoms with Gasteiger partial charge >= 0.3 is 11.9 Å². The van der Waals surface area contributed by atoms with Crippen molar-refractivity contribution < 1.29 is 19.1 Å². The van der Waals surface area contributed by atoms with Crippen molar-refractivity contribution in [3.8, 4) is 0 Å². The van der Waals surface area contributed by atoms with Crippen LogP contribution in [0.5, 0.6) is 0 Å². The van der Waals surface area contributed by atoms with Crippen LogP contribution in [0.25, 0.3) is 0 Å². The third-order valence-electron chi connectivity index (χ3n) is 4.90. The molecule has 0 saturated carbocycles. The highest BCUT2D eigenvalue weighted by atomic mass is 32.2. The number of ether oxygens (including phenoxy) is 2. The Morgan fingerprint density at radius 1 is 1.07 bits per heavy atom. The van der Waals surface area contributed by atoms with Crippen LogP contribution < -0.4 is 0 Å². The van der Waals surface area contributed by atoms with Crippen LogP contribution in [0, 0.1) is 9.87 Å². The zero-order valence-electron chi connectivity index (χ0n) is 16.4.